The molecule has 2 aromatic heterocycles. The van der Waals surface area contributed by atoms with Gasteiger partial charge in [0.2, 0.25) is 0 Å². The van der Waals surface area contributed by atoms with E-state index in [1.165, 1.54) is 11.9 Å². The molecule has 0 saturated heterocycles. The van der Waals surface area contributed by atoms with E-state index < -0.39 is 5.60 Å². The van der Waals surface area contributed by atoms with Crippen LogP contribution in [-0.2, 0) is 17.8 Å². The monoisotopic (exact) mass is 376 g/mol. The van der Waals surface area contributed by atoms with Crippen LogP contribution in [-0.4, -0.2) is 44.0 Å². The van der Waals surface area contributed by atoms with Crippen LogP contribution < -0.4 is 9.47 Å². The highest BCUT2D eigenvalue weighted by atomic mass is 32.2. The van der Waals surface area contributed by atoms with Crippen LogP contribution in [0.1, 0.15) is 32.0 Å². The molecule has 26 heavy (non-hydrogen) atoms. The molecule has 4 rings (SSSR count). The second kappa shape index (κ2) is 6.39. The fourth-order valence-corrected chi connectivity index (χ4v) is 3.50. The molecule has 8 nitrogen and oxygen atoms in total. The molecule has 0 atom stereocenters. The molecule has 0 fully saturated rings. The van der Waals surface area contributed by atoms with E-state index in [2.05, 4.69) is 10.1 Å². The van der Waals surface area contributed by atoms with E-state index in [0.717, 1.165) is 16.2 Å². The SMILES string of the molecule is CC(C)(C)OC(=O)N1Cc2cn(Sc3cnc4c(c3)OCCO4)nc2C1. The molecule has 0 N–H and O–H groups in total. The van der Waals surface area contributed by atoms with Gasteiger partial charge in [-0.05, 0) is 20.8 Å². The summed E-state index contributed by atoms with van der Waals surface area (Å²) in [6.07, 6.45) is 3.35. The topological polar surface area (TPSA) is 78.7 Å². The summed E-state index contributed by atoms with van der Waals surface area (Å²) in [6.45, 7) is 7.59. The maximum Gasteiger partial charge on any atom is 0.410 e. The molecule has 138 valence electrons. The maximum absolute atomic E-state index is 12.2. The first-order valence-corrected chi connectivity index (χ1v) is 9.14. The first-order chi connectivity index (χ1) is 12.4. The Hall–Kier alpha value is -2.42. The molecule has 0 bridgehead atoms. The Labute approximate surface area is 155 Å². The van der Waals surface area contributed by atoms with Gasteiger partial charge in [-0.2, -0.15) is 5.10 Å². The van der Waals surface area contributed by atoms with E-state index in [0.29, 0.717) is 37.9 Å². The van der Waals surface area contributed by atoms with Crippen molar-refractivity contribution in [3.05, 3.63) is 29.7 Å². The van der Waals surface area contributed by atoms with Crippen molar-refractivity contribution >= 4 is 18.0 Å². The van der Waals surface area contributed by atoms with E-state index >= 15 is 0 Å². The number of hydrogen-bond donors (Lipinski definition) is 0. The van der Waals surface area contributed by atoms with Crippen molar-refractivity contribution in [1.29, 1.82) is 0 Å². The first kappa shape index (κ1) is 17.0. The summed E-state index contributed by atoms with van der Waals surface area (Å²) in [4.78, 5) is 19.0. The molecule has 0 aliphatic carbocycles. The highest BCUT2D eigenvalue weighted by molar-refractivity contribution is 7.97. The van der Waals surface area contributed by atoms with E-state index in [1.54, 1.807) is 15.2 Å². The molecule has 0 unspecified atom stereocenters. The highest BCUT2D eigenvalue weighted by Crippen LogP contribution is 2.33. The van der Waals surface area contributed by atoms with Crippen LogP contribution in [0.3, 0.4) is 0 Å². The lowest BCUT2D eigenvalue weighted by Crippen LogP contribution is -2.33. The van der Waals surface area contributed by atoms with Crippen LogP contribution in [0.25, 0.3) is 0 Å². The number of rotatable bonds is 2. The largest absolute Gasteiger partial charge is 0.484 e. The fourth-order valence-electron chi connectivity index (χ4n) is 2.70. The Balaban J connectivity index is 1.42. The molecular formula is C17H20N4O4S. The minimum Gasteiger partial charge on any atom is -0.484 e. The summed E-state index contributed by atoms with van der Waals surface area (Å²) >= 11 is 1.44. The van der Waals surface area contributed by atoms with Crippen molar-refractivity contribution in [2.24, 2.45) is 0 Å². The molecule has 0 radical (unpaired) electrons. The van der Waals surface area contributed by atoms with Gasteiger partial charge in [-0.1, -0.05) is 0 Å². The average molecular weight is 376 g/mol. The molecule has 2 aromatic rings. The third-order valence-electron chi connectivity index (χ3n) is 3.78. The predicted octanol–water partition coefficient (Wildman–Crippen LogP) is 2.86. The summed E-state index contributed by atoms with van der Waals surface area (Å²) in [5.74, 6) is 1.17. The molecule has 0 saturated carbocycles. The Morgan fingerprint density at radius 3 is 2.85 bits per heavy atom. The quantitative estimate of drug-likeness (QED) is 0.797. The van der Waals surface area contributed by atoms with Crippen LogP contribution in [0.5, 0.6) is 11.6 Å². The van der Waals surface area contributed by atoms with Gasteiger partial charge < -0.3 is 14.2 Å². The number of nitrogens with zero attached hydrogens (tertiary/aromatic N) is 4. The molecule has 2 aliphatic rings. The molecule has 0 aromatic carbocycles. The van der Waals surface area contributed by atoms with Gasteiger partial charge in [0, 0.05) is 36.0 Å². The van der Waals surface area contributed by atoms with Gasteiger partial charge >= 0.3 is 6.09 Å². The Morgan fingerprint density at radius 1 is 1.27 bits per heavy atom. The smallest absolute Gasteiger partial charge is 0.410 e. The van der Waals surface area contributed by atoms with Gasteiger partial charge in [-0.15, -0.1) is 0 Å². The van der Waals surface area contributed by atoms with Crippen LogP contribution in [0, 0.1) is 0 Å². The fraction of sp³-hybridized carbons (Fsp3) is 0.471. The Morgan fingerprint density at radius 2 is 2.08 bits per heavy atom. The summed E-state index contributed by atoms with van der Waals surface area (Å²) in [7, 11) is 0. The number of aromatic nitrogens is 3. The number of fused-ring (bicyclic) bond motifs is 2. The number of pyridine rings is 1. The minimum atomic E-state index is -0.502. The van der Waals surface area contributed by atoms with Crippen molar-refractivity contribution in [1.82, 2.24) is 19.1 Å². The zero-order chi connectivity index (χ0) is 18.3. The van der Waals surface area contributed by atoms with Gasteiger partial charge in [0.25, 0.3) is 5.88 Å². The van der Waals surface area contributed by atoms with Crippen LogP contribution in [0.4, 0.5) is 4.79 Å². The van der Waals surface area contributed by atoms with Gasteiger partial charge in [0.1, 0.15) is 18.8 Å². The summed E-state index contributed by atoms with van der Waals surface area (Å²) in [5, 5.41) is 4.56. The van der Waals surface area contributed by atoms with Gasteiger partial charge in [-0.3, -0.25) is 4.90 Å². The predicted molar refractivity (Wildman–Crippen MR) is 94.2 cm³/mol. The van der Waals surface area contributed by atoms with Crippen LogP contribution in [0.2, 0.25) is 0 Å². The standard InChI is InChI=1S/C17H20N4O4S/c1-17(2,3)25-16(22)20-8-11-9-21(19-13(11)10-20)26-12-6-14-15(18-7-12)24-5-4-23-14/h6-7,9H,4-5,8,10H2,1-3H3. The van der Waals surface area contributed by atoms with E-state index in [-0.39, 0.29) is 6.09 Å². The zero-order valence-corrected chi connectivity index (χ0v) is 15.7. The van der Waals surface area contributed by atoms with Crippen molar-refractivity contribution in [2.75, 3.05) is 13.2 Å². The normalized spacial score (nSPS) is 15.7. The van der Waals surface area contributed by atoms with Crippen molar-refractivity contribution < 1.29 is 19.0 Å². The van der Waals surface area contributed by atoms with Crippen molar-refractivity contribution in [3.8, 4) is 11.6 Å². The molecule has 4 heterocycles. The average Bonchev–Trinajstić information content (AvgIpc) is 3.11. The van der Waals surface area contributed by atoms with Gasteiger partial charge in [0.15, 0.2) is 5.75 Å². The minimum absolute atomic E-state index is 0.314. The first-order valence-electron chi connectivity index (χ1n) is 8.37. The second-order valence-electron chi connectivity index (χ2n) is 7.10. The van der Waals surface area contributed by atoms with Crippen molar-refractivity contribution in [2.45, 2.75) is 44.4 Å². The van der Waals surface area contributed by atoms with E-state index in [1.807, 2.05) is 33.0 Å². The zero-order valence-electron chi connectivity index (χ0n) is 14.9. The van der Waals surface area contributed by atoms with Gasteiger partial charge in [-0.25, -0.2) is 13.9 Å². The number of amides is 1. The van der Waals surface area contributed by atoms with Crippen LogP contribution in [0.15, 0.2) is 23.4 Å². The number of carbonyl (C=O) groups excluding carboxylic acids is 1. The molecular weight excluding hydrogens is 356 g/mol. The van der Waals surface area contributed by atoms with Crippen LogP contribution >= 0.6 is 11.9 Å². The van der Waals surface area contributed by atoms with E-state index in [4.69, 9.17) is 14.2 Å². The summed E-state index contributed by atoms with van der Waals surface area (Å²) in [6, 6.07) is 1.89. The molecule has 2 aliphatic heterocycles. The Bertz CT molecular complexity index is 822. The lowest BCUT2D eigenvalue weighted by Gasteiger charge is -2.24. The summed E-state index contributed by atoms with van der Waals surface area (Å²) < 4.78 is 18.2. The molecule has 9 heteroatoms. The third-order valence-corrected chi connectivity index (χ3v) is 4.59. The van der Waals surface area contributed by atoms with E-state index in [9.17, 15) is 4.79 Å². The second-order valence-corrected chi connectivity index (χ2v) is 8.13. The maximum atomic E-state index is 12.2. The lowest BCUT2D eigenvalue weighted by molar-refractivity contribution is 0.0239. The lowest BCUT2D eigenvalue weighted by atomic mass is 10.2. The number of carbonyl (C=O) groups is 1. The number of ether oxygens (including phenoxy) is 3. The third kappa shape index (κ3) is 3.57. The van der Waals surface area contributed by atoms with Crippen molar-refractivity contribution in [3.63, 3.8) is 0 Å². The Kier molecular flexibility index (Phi) is 4.18. The highest BCUT2D eigenvalue weighted by Gasteiger charge is 2.30. The number of hydrogen-bond acceptors (Lipinski definition) is 7. The molecule has 0 spiro atoms. The molecule has 1 amide bonds. The summed E-state index contributed by atoms with van der Waals surface area (Å²) in [5.41, 5.74) is 1.40. The van der Waals surface area contributed by atoms with Gasteiger partial charge in [0.05, 0.1) is 23.7 Å².